The summed E-state index contributed by atoms with van der Waals surface area (Å²) in [5.74, 6) is 1.28. The van der Waals surface area contributed by atoms with E-state index in [1.54, 1.807) is 0 Å². The van der Waals surface area contributed by atoms with E-state index in [-0.39, 0.29) is 24.0 Å². The van der Waals surface area contributed by atoms with E-state index in [2.05, 4.69) is 55.7 Å². The molecule has 2 unspecified atom stereocenters. The first kappa shape index (κ1) is 24.2. The molecule has 0 aliphatic carbocycles. The van der Waals surface area contributed by atoms with Gasteiger partial charge in [0.1, 0.15) is 0 Å². The summed E-state index contributed by atoms with van der Waals surface area (Å²) in [6, 6.07) is 8.67. The molecule has 1 aliphatic rings. The second kappa shape index (κ2) is 14.2. The molecule has 0 amide bonds. The first-order valence-electron chi connectivity index (χ1n) is 9.97. The molecule has 1 aromatic carbocycles. The predicted molar refractivity (Wildman–Crippen MR) is 123 cm³/mol. The van der Waals surface area contributed by atoms with Crippen molar-refractivity contribution in [1.82, 2.24) is 10.6 Å². The third-order valence-corrected chi connectivity index (χ3v) is 4.56. The molecule has 154 valence electrons. The average molecular weight is 489 g/mol. The quantitative estimate of drug-likeness (QED) is 0.227. The van der Waals surface area contributed by atoms with Crippen LogP contribution in [0.2, 0.25) is 0 Å². The Morgan fingerprint density at radius 1 is 1.37 bits per heavy atom. The molecular weight excluding hydrogens is 453 g/mol. The fraction of sp³-hybridized carbons (Fsp3) is 0.667. The minimum absolute atomic E-state index is 0. The smallest absolute Gasteiger partial charge is 0.191 e. The molecule has 0 aromatic heterocycles. The van der Waals surface area contributed by atoms with E-state index in [0.717, 1.165) is 58.3 Å². The van der Waals surface area contributed by atoms with Crippen LogP contribution in [0.4, 0.5) is 0 Å². The normalized spacial score (nSPS) is 18.0. The van der Waals surface area contributed by atoms with E-state index in [9.17, 15) is 0 Å². The number of guanidine groups is 1. The van der Waals surface area contributed by atoms with Crippen LogP contribution in [0.1, 0.15) is 50.2 Å². The van der Waals surface area contributed by atoms with Crippen LogP contribution >= 0.6 is 24.0 Å². The molecule has 0 saturated carbocycles. The molecule has 0 bridgehead atoms. The maximum absolute atomic E-state index is 5.70. The van der Waals surface area contributed by atoms with Crippen molar-refractivity contribution < 1.29 is 9.47 Å². The van der Waals surface area contributed by atoms with Gasteiger partial charge in [0.2, 0.25) is 0 Å². The van der Waals surface area contributed by atoms with Crippen LogP contribution in [0.15, 0.2) is 29.3 Å². The molecule has 2 atom stereocenters. The van der Waals surface area contributed by atoms with Gasteiger partial charge in [-0.2, -0.15) is 0 Å². The van der Waals surface area contributed by atoms with Crippen molar-refractivity contribution in [2.24, 2.45) is 4.99 Å². The van der Waals surface area contributed by atoms with E-state index in [1.807, 2.05) is 0 Å². The highest BCUT2D eigenvalue weighted by atomic mass is 127. The maximum atomic E-state index is 5.70. The Balaban J connectivity index is 0.00000364. The molecule has 2 rings (SSSR count). The summed E-state index contributed by atoms with van der Waals surface area (Å²) < 4.78 is 11.3. The lowest BCUT2D eigenvalue weighted by Crippen LogP contribution is -2.38. The molecule has 27 heavy (non-hydrogen) atoms. The van der Waals surface area contributed by atoms with E-state index >= 15 is 0 Å². The monoisotopic (exact) mass is 489 g/mol. The molecule has 0 radical (unpaired) electrons. The number of hydrogen-bond acceptors (Lipinski definition) is 3. The van der Waals surface area contributed by atoms with Crippen molar-refractivity contribution in [2.45, 2.75) is 52.1 Å². The SMILES string of the molecule is CCNC(=NCC(C)c1cccc(C)c1)NCCCOCC1CCCO1.I. The van der Waals surface area contributed by atoms with Gasteiger partial charge < -0.3 is 20.1 Å². The van der Waals surface area contributed by atoms with Crippen LogP contribution in [0.25, 0.3) is 0 Å². The Kier molecular flexibility index (Phi) is 12.7. The summed E-state index contributed by atoms with van der Waals surface area (Å²) in [6.45, 7) is 11.3. The van der Waals surface area contributed by atoms with Gasteiger partial charge in [0, 0.05) is 38.8 Å². The van der Waals surface area contributed by atoms with Gasteiger partial charge in [0.15, 0.2) is 5.96 Å². The Bertz CT molecular complexity index is 548. The third-order valence-electron chi connectivity index (χ3n) is 4.56. The minimum atomic E-state index is 0. The largest absolute Gasteiger partial charge is 0.379 e. The van der Waals surface area contributed by atoms with Crippen molar-refractivity contribution in [1.29, 1.82) is 0 Å². The molecular formula is C21H36IN3O2. The number of halogens is 1. The maximum Gasteiger partial charge on any atom is 0.191 e. The van der Waals surface area contributed by atoms with Gasteiger partial charge in [0.25, 0.3) is 0 Å². The van der Waals surface area contributed by atoms with Gasteiger partial charge in [0.05, 0.1) is 12.7 Å². The second-order valence-electron chi connectivity index (χ2n) is 7.03. The van der Waals surface area contributed by atoms with Crippen molar-refractivity contribution in [2.75, 3.05) is 39.5 Å². The van der Waals surface area contributed by atoms with E-state index in [0.29, 0.717) is 12.0 Å². The fourth-order valence-electron chi connectivity index (χ4n) is 3.02. The number of ether oxygens (including phenoxy) is 2. The second-order valence-corrected chi connectivity index (χ2v) is 7.03. The highest BCUT2D eigenvalue weighted by Gasteiger charge is 2.14. The summed E-state index contributed by atoms with van der Waals surface area (Å²) >= 11 is 0. The molecule has 1 aliphatic heterocycles. The standard InChI is InChI=1S/C21H35N3O2.HI/c1-4-22-21(23-11-7-12-25-16-20-10-6-13-26-20)24-15-18(3)19-9-5-8-17(2)14-19;/h5,8-9,14,18,20H,4,6-7,10-13,15-16H2,1-3H3,(H2,22,23,24);1H. The zero-order valence-electron chi connectivity index (χ0n) is 17.0. The number of benzene rings is 1. The first-order chi connectivity index (χ1) is 12.7. The van der Waals surface area contributed by atoms with Crippen molar-refractivity contribution in [3.05, 3.63) is 35.4 Å². The lowest BCUT2D eigenvalue weighted by Gasteiger charge is -2.14. The molecule has 1 aromatic rings. The topological polar surface area (TPSA) is 54.9 Å². The van der Waals surface area contributed by atoms with Crippen LogP contribution in [0, 0.1) is 6.92 Å². The lowest BCUT2D eigenvalue weighted by molar-refractivity contribution is 0.0168. The zero-order chi connectivity index (χ0) is 18.6. The minimum Gasteiger partial charge on any atom is -0.379 e. The Hall–Kier alpha value is -0.860. The third kappa shape index (κ3) is 9.76. The van der Waals surface area contributed by atoms with Gasteiger partial charge in [-0.25, -0.2) is 0 Å². The fourth-order valence-corrected chi connectivity index (χ4v) is 3.02. The molecule has 1 saturated heterocycles. The first-order valence-corrected chi connectivity index (χ1v) is 9.97. The number of nitrogens with one attached hydrogen (secondary N) is 2. The van der Waals surface area contributed by atoms with E-state index in [4.69, 9.17) is 14.5 Å². The number of nitrogens with zero attached hydrogens (tertiary/aromatic N) is 1. The van der Waals surface area contributed by atoms with Crippen molar-refractivity contribution >= 4 is 29.9 Å². The van der Waals surface area contributed by atoms with Gasteiger partial charge in [-0.1, -0.05) is 36.8 Å². The highest BCUT2D eigenvalue weighted by molar-refractivity contribution is 14.0. The van der Waals surface area contributed by atoms with Gasteiger partial charge in [-0.3, -0.25) is 4.99 Å². The van der Waals surface area contributed by atoms with Crippen LogP contribution in [0.5, 0.6) is 0 Å². The van der Waals surface area contributed by atoms with Crippen LogP contribution in [-0.2, 0) is 9.47 Å². The summed E-state index contributed by atoms with van der Waals surface area (Å²) in [6.07, 6.45) is 3.57. The summed E-state index contributed by atoms with van der Waals surface area (Å²) in [5, 5.41) is 6.71. The molecule has 0 spiro atoms. The molecule has 1 fully saturated rings. The number of hydrogen-bond donors (Lipinski definition) is 2. The number of aryl methyl sites for hydroxylation is 1. The molecule has 5 nitrogen and oxygen atoms in total. The Morgan fingerprint density at radius 2 is 2.22 bits per heavy atom. The van der Waals surface area contributed by atoms with E-state index in [1.165, 1.54) is 17.5 Å². The van der Waals surface area contributed by atoms with E-state index < -0.39 is 0 Å². The van der Waals surface area contributed by atoms with Crippen LogP contribution < -0.4 is 10.6 Å². The van der Waals surface area contributed by atoms with Crippen LogP contribution in [0.3, 0.4) is 0 Å². The Morgan fingerprint density at radius 3 is 2.93 bits per heavy atom. The highest BCUT2D eigenvalue weighted by Crippen LogP contribution is 2.16. The van der Waals surface area contributed by atoms with Crippen molar-refractivity contribution in [3.63, 3.8) is 0 Å². The predicted octanol–water partition coefficient (Wildman–Crippen LogP) is 3.86. The number of aliphatic imine (C=N–C) groups is 1. The average Bonchev–Trinajstić information content (AvgIpc) is 3.15. The Labute approximate surface area is 181 Å². The summed E-state index contributed by atoms with van der Waals surface area (Å²) in [7, 11) is 0. The lowest BCUT2D eigenvalue weighted by atomic mass is 10.00. The van der Waals surface area contributed by atoms with Gasteiger partial charge in [-0.15, -0.1) is 24.0 Å². The molecule has 1 heterocycles. The van der Waals surface area contributed by atoms with Gasteiger partial charge in [-0.05, 0) is 38.7 Å². The summed E-state index contributed by atoms with van der Waals surface area (Å²) in [5.41, 5.74) is 2.64. The van der Waals surface area contributed by atoms with Gasteiger partial charge >= 0.3 is 0 Å². The van der Waals surface area contributed by atoms with Crippen LogP contribution in [-0.4, -0.2) is 51.5 Å². The summed E-state index contributed by atoms with van der Waals surface area (Å²) in [4.78, 5) is 4.73. The number of rotatable bonds is 10. The van der Waals surface area contributed by atoms with Crippen molar-refractivity contribution in [3.8, 4) is 0 Å². The molecule has 2 N–H and O–H groups in total. The molecule has 6 heteroatoms. The zero-order valence-corrected chi connectivity index (χ0v) is 19.3.